The number of methoxy groups -OCH3 is 1. The van der Waals surface area contributed by atoms with Crippen LogP contribution in [-0.2, 0) is 0 Å². The average molecular weight is 261 g/mol. The van der Waals surface area contributed by atoms with E-state index < -0.39 is 0 Å². The molecule has 2 aromatic rings. The lowest BCUT2D eigenvalue weighted by atomic mass is 10.0. The van der Waals surface area contributed by atoms with Crippen molar-refractivity contribution < 1.29 is 4.74 Å². The summed E-state index contributed by atoms with van der Waals surface area (Å²) in [6.45, 7) is 5.23. The predicted octanol–water partition coefficient (Wildman–Crippen LogP) is 3.76. The Hall–Kier alpha value is -1.32. The van der Waals surface area contributed by atoms with E-state index in [-0.39, 0.29) is 6.04 Å². The number of nitrogens with one attached hydrogen (secondary N) is 1. The summed E-state index contributed by atoms with van der Waals surface area (Å²) < 4.78 is 5.20. The fraction of sp³-hybridized carbons (Fsp3) is 0.333. The lowest BCUT2D eigenvalue weighted by Gasteiger charge is -2.17. The third-order valence-corrected chi connectivity index (χ3v) is 3.82. The van der Waals surface area contributed by atoms with Gasteiger partial charge in [-0.3, -0.25) is 0 Å². The van der Waals surface area contributed by atoms with E-state index in [2.05, 4.69) is 42.7 Å². The van der Waals surface area contributed by atoms with Gasteiger partial charge in [0.2, 0.25) is 0 Å². The van der Waals surface area contributed by atoms with Gasteiger partial charge >= 0.3 is 0 Å². The van der Waals surface area contributed by atoms with Crippen LogP contribution < -0.4 is 10.1 Å². The molecule has 1 unspecified atom stereocenters. The predicted molar refractivity (Wildman–Crippen MR) is 77.6 cm³/mol. The molecule has 1 atom stereocenters. The second kappa shape index (κ2) is 6.03. The smallest absolute Gasteiger partial charge is 0.118 e. The van der Waals surface area contributed by atoms with Crippen molar-refractivity contribution >= 4 is 11.3 Å². The first kappa shape index (κ1) is 13.1. The number of benzene rings is 1. The van der Waals surface area contributed by atoms with Crippen molar-refractivity contribution in [2.45, 2.75) is 19.9 Å². The first-order chi connectivity index (χ1) is 8.74. The summed E-state index contributed by atoms with van der Waals surface area (Å²) in [6, 6.07) is 10.8. The summed E-state index contributed by atoms with van der Waals surface area (Å²) in [4.78, 5) is 1.35. The van der Waals surface area contributed by atoms with Gasteiger partial charge in [-0.1, -0.05) is 19.1 Å². The Morgan fingerprint density at radius 3 is 2.44 bits per heavy atom. The molecular weight excluding hydrogens is 242 g/mol. The van der Waals surface area contributed by atoms with Gasteiger partial charge in [0.05, 0.1) is 13.2 Å². The monoisotopic (exact) mass is 261 g/mol. The van der Waals surface area contributed by atoms with Crippen molar-refractivity contribution in [3.05, 3.63) is 51.7 Å². The van der Waals surface area contributed by atoms with E-state index >= 15 is 0 Å². The van der Waals surface area contributed by atoms with Gasteiger partial charge in [0.25, 0.3) is 0 Å². The lowest BCUT2D eigenvalue weighted by molar-refractivity contribution is 0.414. The topological polar surface area (TPSA) is 21.3 Å². The highest BCUT2D eigenvalue weighted by molar-refractivity contribution is 7.10. The Kier molecular flexibility index (Phi) is 4.39. The van der Waals surface area contributed by atoms with E-state index in [0.29, 0.717) is 0 Å². The number of aryl methyl sites for hydroxylation is 1. The number of thiophene rings is 1. The number of hydrogen-bond donors (Lipinski definition) is 1. The number of rotatable bonds is 5. The van der Waals surface area contributed by atoms with Gasteiger partial charge in [-0.2, -0.15) is 0 Å². The molecule has 2 nitrogen and oxygen atoms in total. The van der Waals surface area contributed by atoms with Crippen molar-refractivity contribution in [3.63, 3.8) is 0 Å². The Bertz CT molecular complexity index is 489. The van der Waals surface area contributed by atoms with Gasteiger partial charge < -0.3 is 10.1 Å². The molecule has 0 spiro atoms. The van der Waals surface area contributed by atoms with Gasteiger partial charge in [-0.25, -0.2) is 0 Å². The molecule has 0 bridgehead atoms. The van der Waals surface area contributed by atoms with Gasteiger partial charge in [0, 0.05) is 4.88 Å². The standard InChI is InChI=1S/C15H19NOS/c1-4-16-15(13-9-11(2)18-10-13)12-5-7-14(17-3)8-6-12/h5-10,15-16H,4H2,1-3H3. The molecule has 1 N–H and O–H groups in total. The molecule has 1 aromatic heterocycles. The molecule has 0 saturated carbocycles. The maximum absolute atomic E-state index is 5.20. The van der Waals surface area contributed by atoms with Crippen LogP contribution in [0, 0.1) is 6.92 Å². The van der Waals surface area contributed by atoms with Crippen molar-refractivity contribution in [1.29, 1.82) is 0 Å². The highest BCUT2D eigenvalue weighted by Gasteiger charge is 2.14. The highest BCUT2D eigenvalue weighted by Crippen LogP contribution is 2.27. The van der Waals surface area contributed by atoms with Crippen molar-refractivity contribution in [2.24, 2.45) is 0 Å². The van der Waals surface area contributed by atoms with E-state index in [0.717, 1.165) is 12.3 Å². The van der Waals surface area contributed by atoms with Crippen LogP contribution in [0.1, 0.15) is 29.0 Å². The molecule has 1 heterocycles. The molecule has 3 heteroatoms. The molecule has 0 fully saturated rings. The summed E-state index contributed by atoms with van der Waals surface area (Å²) in [5.74, 6) is 0.899. The van der Waals surface area contributed by atoms with E-state index in [1.807, 2.05) is 12.1 Å². The van der Waals surface area contributed by atoms with E-state index in [1.165, 1.54) is 16.0 Å². The largest absolute Gasteiger partial charge is 0.497 e. The van der Waals surface area contributed by atoms with E-state index in [1.54, 1.807) is 18.4 Å². The molecule has 0 saturated heterocycles. The molecule has 96 valence electrons. The van der Waals surface area contributed by atoms with Crippen LogP contribution in [0.25, 0.3) is 0 Å². The Morgan fingerprint density at radius 2 is 1.94 bits per heavy atom. The lowest BCUT2D eigenvalue weighted by Crippen LogP contribution is -2.21. The summed E-state index contributed by atoms with van der Waals surface area (Å²) in [7, 11) is 1.69. The fourth-order valence-corrected chi connectivity index (χ4v) is 2.77. The molecule has 0 radical (unpaired) electrons. The molecular formula is C15H19NOS. The second-order valence-corrected chi connectivity index (χ2v) is 5.37. The summed E-state index contributed by atoms with van der Waals surface area (Å²) in [5.41, 5.74) is 2.61. The van der Waals surface area contributed by atoms with Crippen LogP contribution in [0.3, 0.4) is 0 Å². The van der Waals surface area contributed by atoms with Gasteiger partial charge in [0.15, 0.2) is 0 Å². The molecule has 0 aliphatic heterocycles. The third-order valence-electron chi connectivity index (χ3n) is 2.94. The van der Waals surface area contributed by atoms with Crippen LogP contribution >= 0.6 is 11.3 Å². The first-order valence-corrected chi connectivity index (χ1v) is 7.05. The summed E-state index contributed by atoms with van der Waals surface area (Å²) >= 11 is 1.80. The minimum Gasteiger partial charge on any atom is -0.497 e. The quantitative estimate of drug-likeness (QED) is 0.884. The molecule has 1 aromatic carbocycles. The van der Waals surface area contributed by atoms with Gasteiger partial charge in [-0.15, -0.1) is 11.3 Å². The normalized spacial score (nSPS) is 12.4. The van der Waals surface area contributed by atoms with Crippen LogP contribution in [-0.4, -0.2) is 13.7 Å². The minimum absolute atomic E-state index is 0.269. The van der Waals surface area contributed by atoms with Crippen molar-refractivity contribution in [3.8, 4) is 5.75 Å². The maximum atomic E-state index is 5.20. The summed E-state index contributed by atoms with van der Waals surface area (Å²) in [6.07, 6.45) is 0. The van der Waals surface area contributed by atoms with Crippen LogP contribution in [0.2, 0.25) is 0 Å². The van der Waals surface area contributed by atoms with Gasteiger partial charge in [-0.05, 0) is 48.2 Å². The average Bonchev–Trinajstić information content (AvgIpc) is 2.82. The fourth-order valence-electron chi connectivity index (χ4n) is 2.04. The molecule has 18 heavy (non-hydrogen) atoms. The van der Waals surface area contributed by atoms with Crippen LogP contribution in [0.5, 0.6) is 5.75 Å². The molecule has 0 aliphatic carbocycles. The minimum atomic E-state index is 0.269. The summed E-state index contributed by atoms with van der Waals surface area (Å²) in [5, 5.41) is 5.76. The second-order valence-electron chi connectivity index (χ2n) is 4.25. The van der Waals surface area contributed by atoms with Crippen LogP contribution in [0.4, 0.5) is 0 Å². The zero-order valence-electron chi connectivity index (χ0n) is 11.1. The Balaban J connectivity index is 2.28. The molecule has 2 rings (SSSR count). The van der Waals surface area contributed by atoms with E-state index in [9.17, 15) is 0 Å². The zero-order valence-corrected chi connectivity index (χ0v) is 11.9. The van der Waals surface area contributed by atoms with Crippen LogP contribution in [0.15, 0.2) is 35.7 Å². The van der Waals surface area contributed by atoms with Crippen molar-refractivity contribution in [2.75, 3.05) is 13.7 Å². The molecule has 0 aliphatic rings. The van der Waals surface area contributed by atoms with E-state index in [4.69, 9.17) is 4.74 Å². The maximum Gasteiger partial charge on any atom is 0.118 e. The SMILES string of the molecule is CCNC(c1ccc(OC)cc1)c1csc(C)c1. The Labute approximate surface area is 113 Å². The number of ether oxygens (including phenoxy) is 1. The highest BCUT2D eigenvalue weighted by atomic mass is 32.1. The Morgan fingerprint density at radius 1 is 1.22 bits per heavy atom. The first-order valence-electron chi connectivity index (χ1n) is 6.17. The van der Waals surface area contributed by atoms with Gasteiger partial charge in [0.1, 0.15) is 5.75 Å². The van der Waals surface area contributed by atoms with Crippen molar-refractivity contribution in [1.82, 2.24) is 5.32 Å². The third kappa shape index (κ3) is 2.92. The number of hydrogen-bond acceptors (Lipinski definition) is 3. The molecule has 0 amide bonds. The zero-order chi connectivity index (χ0) is 13.0.